The summed E-state index contributed by atoms with van der Waals surface area (Å²) in [6.45, 7) is 5.37. The Balaban J connectivity index is 2.24. The number of alkyl halides is 3. The molecule has 0 aliphatic carbocycles. The molecule has 0 aliphatic rings. The molecular formula is C21H26ClF3N4O4S. The number of pyridine rings is 1. The van der Waals surface area contributed by atoms with Crippen molar-refractivity contribution >= 4 is 33.6 Å². The molecule has 0 radical (unpaired) electrons. The molecule has 34 heavy (non-hydrogen) atoms. The first-order chi connectivity index (χ1) is 15.8. The number of aromatic nitrogens is 3. The first kappa shape index (κ1) is 27.6. The van der Waals surface area contributed by atoms with E-state index in [-0.39, 0.29) is 35.0 Å². The van der Waals surface area contributed by atoms with E-state index in [4.69, 9.17) is 16.3 Å². The Kier molecular flexibility index (Phi) is 9.51. The maximum Gasteiger partial charge on any atom is 0.417 e. The van der Waals surface area contributed by atoms with Crippen molar-refractivity contribution < 1.29 is 31.1 Å². The van der Waals surface area contributed by atoms with Crippen molar-refractivity contribution in [3.8, 4) is 5.88 Å². The van der Waals surface area contributed by atoms with Gasteiger partial charge in [-0.25, -0.2) is 13.1 Å². The summed E-state index contributed by atoms with van der Waals surface area (Å²) >= 11 is 6.00. The molecule has 0 aromatic carbocycles. The molecule has 2 aromatic rings. The number of unbranched alkanes of at least 4 members (excludes halogenated alkanes) is 2. The van der Waals surface area contributed by atoms with Crippen LogP contribution in [0.25, 0.3) is 6.08 Å². The predicted molar refractivity (Wildman–Crippen MR) is 122 cm³/mol. The number of nitrogens with one attached hydrogen (secondary N) is 1. The number of halogens is 4. The molecule has 8 nitrogen and oxygen atoms in total. The van der Waals surface area contributed by atoms with Gasteiger partial charge < -0.3 is 4.74 Å². The minimum Gasteiger partial charge on any atom is -0.474 e. The van der Waals surface area contributed by atoms with Crippen LogP contribution in [0, 0.1) is 0 Å². The van der Waals surface area contributed by atoms with Crippen LogP contribution in [0.1, 0.15) is 57.0 Å². The van der Waals surface area contributed by atoms with E-state index in [1.165, 1.54) is 16.8 Å². The van der Waals surface area contributed by atoms with E-state index in [1.54, 1.807) is 13.8 Å². The van der Waals surface area contributed by atoms with E-state index in [1.807, 2.05) is 11.6 Å². The fraction of sp³-hybridized carbons (Fsp3) is 0.476. The molecule has 0 unspecified atom stereocenters. The van der Waals surface area contributed by atoms with Crippen LogP contribution in [0.3, 0.4) is 0 Å². The highest BCUT2D eigenvalue weighted by molar-refractivity contribution is 7.90. The average Bonchev–Trinajstić information content (AvgIpc) is 3.07. The molecule has 0 spiro atoms. The summed E-state index contributed by atoms with van der Waals surface area (Å²) in [6.07, 6.45) is 0.201. The van der Waals surface area contributed by atoms with E-state index in [2.05, 4.69) is 10.1 Å². The van der Waals surface area contributed by atoms with Gasteiger partial charge in [0.25, 0.3) is 5.91 Å². The quantitative estimate of drug-likeness (QED) is 0.346. The van der Waals surface area contributed by atoms with E-state index in [0.717, 1.165) is 25.0 Å². The fourth-order valence-electron chi connectivity index (χ4n) is 2.79. The Labute approximate surface area is 201 Å². The van der Waals surface area contributed by atoms with Gasteiger partial charge in [0.1, 0.15) is 0 Å². The summed E-state index contributed by atoms with van der Waals surface area (Å²) in [6, 6.07) is 2.27. The third-order valence-electron chi connectivity index (χ3n) is 4.37. The number of sulfonamides is 1. The van der Waals surface area contributed by atoms with Gasteiger partial charge in [-0.2, -0.15) is 13.2 Å². The van der Waals surface area contributed by atoms with E-state index < -0.39 is 27.7 Å². The lowest BCUT2D eigenvalue weighted by Crippen LogP contribution is -2.31. The summed E-state index contributed by atoms with van der Waals surface area (Å²) in [7, 11) is -3.77. The molecular weight excluding hydrogens is 497 g/mol. The summed E-state index contributed by atoms with van der Waals surface area (Å²) in [5.41, 5.74) is -0.541. The largest absolute Gasteiger partial charge is 0.474 e. The summed E-state index contributed by atoms with van der Waals surface area (Å²) in [5, 5.41) is 4.03. The Morgan fingerprint density at radius 3 is 2.59 bits per heavy atom. The number of ether oxygens (including phenoxy) is 1. The van der Waals surface area contributed by atoms with Gasteiger partial charge in [0.05, 0.1) is 40.4 Å². The van der Waals surface area contributed by atoms with Gasteiger partial charge in [-0.05, 0) is 32.4 Å². The summed E-state index contributed by atoms with van der Waals surface area (Å²) < 4.78 is 71.4. The van der Waals surface area contributed by atoms with Crippen LogP contribution in [0.5, 0.6) is 5.88 Å². The van der Waals surface area contributed by atoms with Crippen molar-refractivity contribution in [3.63, 3.8) is 0 Å². The third-order valence-corrected chi connectivity index (χ3v) is 6.03. The minimum absolute atomic E-state index is 0.116. The van der Waals surface area contributed by atoms with Gasteiger partial charge >= 0.3 is 6.18 Å². The zero-order valence-electron chi connectivity index (χ0n) is 18.9. The van der Waals surface area contributed by atoms with Crippen LogP contribution in [-0.2, 0) is 27.5 Å². The van der Waals surface area contributed by atoms with Crippen molar-refractivity contribution in [1.82, 2.24) is 19.5 Å². The SMILES string of the molecule is CCCCCS(=O)(=O)NC(=O)C=Cc1cc(OC(C)C)nn1Cc1ncc(C(F)(F)F)cc1Cl. The van der Waals surface area contributed by atoms with E-state index in [9.17, 15) is 26.4 Å². The summed E-state index contributed by atoms with van der Waals surface area (Å²) in [4.78, 5) is 15.9. The van der Waals surface area contributed by atoms with Crippen LogP contribution in [0.15, 0.2) is 24.4 Å². The molecule has 1 N–H and O–H groups in total. The topological polar surface area (TPSA) is 103 Å². The standard InChI is InChI=1S/C21H26ClF3N4O4S/c1-4-5-6-9-34(31,32)28-19(30)8-7-16-11-20(33-14(2)3)27-29(16)13-18-17(22)10-15(12-26-18)21(23,24)25/h7-8,10-12,14H,4-6,9,13H2,1-3H3,(H,28,30). The molecule has 0 fully saturated rings. The van der Waals surface area contributed by atoms with Gasteiger partial charge in [-0.15, -0.1) is 5.10 Å². The second-order valence-electron chi connectivity index (χ2n) is 7.71. The van der Waals surface area contributed by atoms with Crippen LogP contribution in [0.2, 0.25) is 5.02 Å². The lowest BCUT2D eigenvalue weighted by Gasteiger charge is -2.10. The van der Waals surface area contributed by atoms with Crippen LogP contribution in [-0.4, -0.2) is 40.9 Å². The molecule has 2 heterocycles. The van der Waals surface area contributed by atoms with Crippen molar-refractivity contribution in [2.24, 2.45) is 0 Å². The molecule has 0 bridgehead atoms. The second-order valence-corrected chi connectivity index (χ2v) is 9.96. The number of rotatable bonds is 11. The molecule has 2 aromatic heterocycles. The third kappa shape index (κ3) is 8.64. The number of nitrogens with zero attached hydrogens (tertiary/aromatic N) is 3. The lowest BCUT2D eigenvalue weighted by molar-refractivity contribution is -0.137. The van der Waals surface area contributed by atoms with Crippen molar-refractivity contribution in [2.45, 2.75) is 58.9 Å². The van der Waals surface area contributed by atoms with Gasteiger partial charge in [-0.1, -0.05) is 31.4 Å². The Hall–Kier alpha value is -2.60. The van der Waals surface area contributed by atoms with Crippen LogP contribution >= 0.6 is 11.6 Å². The molecule has 2 rings (SSSR count). The maximum absolute atomic E-state index is 12.9. The molecule has 0 saturated carbocycles. The van der Waals surface area contributed by atoms with Gasteiger partial charge in [0, 0.05) is 18.3 Å². The van der Waals surface area contributed by atoms with Crippen molar-refractivity contribution in [2.75, 3.05) is 5.75 Å². The molecule has 0 atom stereocenters. The number of carbonyl (C=O) groups is 1. The zero-order chi connectivity index (χ0) is 25.5. The van der Waals surface area contributed by atoms with E-state index >= 15 is 0 Å². The maximum atomic E-state index is 12.9. The van der Waals surface area contributed by atoms with Crippen LogP contribution < -0.4 is 9.46 Å². The molecule has 0 saturated heterocycles. The molecule has 13 heteroatoms. The number of amides is 1. The lowest BCUT2D eigenvalue weighted by atomic mass is 10.2. The number of hydrogen-bond donors (Lipinski definition) is 1. The second kappa shape index (κ2) is 11.7. The molecule has 1 amide bonds. The van der Waals surface area contributed by atoms with Crippen LogP contribution in [0.4, 0.5) is 13.2 Å². The highest BCUT2D eigenvalue weighted by atomic mass is 35.5. The zero-order valence-corrected chi connectivity index (χ0v) is 20.5. The minimum atomic E-state index is -4.59. The fourth-order valence-corrected chi connectivity index (χ4v) is 4.07. The Bertz CT molecular complexity index is 1130. The normalized spacial score (nSPS) is 12.5. The number of hydrogen-bond acceptors (Lipinski definition) is 6. The smallest absolute Gasteiger partial charge is 0.417 e. The Morgan fingerprint density at radius 2 is 2.00 bits per heavy atom. The first-order valence-electron chi connectivity index (χ1n) is 10.5. The van der Waals surface area contributed by atoms with E-state index in [0.29, 0.717) is 18.3 Å². The first-order valence-corrected chi connectivity index (χ1v) is 12.5. The van der Waals surface area contributed by atoms with Gasteiger partial charge in [0.2, 0.25) is 15.9 Å². The monoisotopic (exact) mass is 522 g/mol. The van der Waals surface area contributed by atoms with Gasteiger partial charge in [-0.3, -0.25) is 14.5 Å². The Morgan fingerprint density at radius 1 is 1.29 bits per heavy atom. The molecule has 0 aliphatic heterocycles. The summed E-state index contributed by atoms with van der Waals surface area (Å²) in [5.74, 6) is -0.811. The highest BCUT2D eigenvalue weighted by Gasteiger charge is 2.31. The van der Waals surface area contributed by atoms with Gasteiger partial charge in [0.15, 0.2) is 0 Å². The average molecular weight is 523 g/mol. The predicted octanol–water partition coefficient (Wildman–Crippen LogP) is 4.44. The van der Waals surface area contributed by atoms with Crippen molar-refractivity contribution in [1.29, 1.82) is 0 Å². The molecule has 188 valence electrons. The highest BCUT2D eigenvalue weighted by Crippen LogP contribution is 2.31. The van der Waals surface area contributed by atoms with Crippen molar-refractivity contribution in [3.05, 3.63) is 46.4 Å². The number of carbonyl (C=O) groups excluding carboxylic acids is 1.